The molecule has 1 aliphatic heterocycles. The number of rotatable bonds is 5. The van der Waals surface area contributed by atoms with Gasteiger partial charge in [-0.2, -0.15) is 0 Å². The van der Waals surface area contributed by atoms with E-state index in [9.17, 15) is 9.18 Å². The smallest absolute Gasteiger partial charge is 0.241 e. The molecule has 6 heteroatoms. The maximum absolute atomic E-state index is 12.9. The van der Waals surface area contributed by atoms with E-state index in [-0.39, 0.29) is 24.6 Å². The van der Waals surface area contributed by atoms with Crippen LogP contribution in [0.15, 0.2) is 42.5 Å². The summed E-state index contributed by atoms with van der Waals surface area (Å²) in [6.45, 7) is 2.66. The minimum atomic E-state index is -0.347. The van der Waals surface area contributed by atoms with Crippen LogP contribution in [0, 0.1) is 5.82 Å². The van der Waals surface area contributed by atoms with Crippen molar-refractivity contribution in [3.05, 3.63) is 53.8 Å². The molecule has 1 aliphatic rings. The number of halogens is 1. The number of benzene rings is 2. The van der Waals surface area contributed by atoms with Crippen molar-refractivity contribution >= 4 is 11.6 Å². The summed E-state index contributed by atoms with van der Waals surface area (Å²) in [6, 6.07) is 11.1. The zero-order chi connectivity index (χ0) is 17.1. The first kappa shape index (κ1) is 16.3. The van der Waals surface area contributed by atoms with Crippen molar-refractivity contribution in [2.24, 2.45) is 0 Å². The fourth-order valence-corrected chi connectivity index (χ4v) is 2.44. The summed E-state index contributed by atoms with van der Waals surface area (Å²) >= 11 is 0. The maximum Gasteiger partial charge on any atom is 0.241 e. The van der Waals surface area contributed by atoms with Gasteiger partial charge in [-0.25, -0.2) is 4.39 Å². The molecule has 3 rings (SSSR count). The standard InChI is InChI=1S/C18H19FN2O3/c1-12(18(22)20-15-6-4-14(19)5-7-15)21(2)10-13-3-8-16-17(9-13)24-11-23-16/h3-9,12H,10-11H2,1-2H3,(H,20,22). The monoisotopic (exact) mass is 330 g/mol. The summed E-state index contributed by atoms with van der Waals surface area (Å²) in [6.07, 6.45) is 0. The molecular formula is C18H19FN2O3. The van der Waals surface area contributed by atoms with Gasteiger partial charge in [0.15, 0.2) is 11.5 Å². The molecule has 1 heterocycles. The molecule has 0 bridgehead atoms. The van der Waals surface area contributed by atoms with Gasteiger partial charge in [0.25, 0.3) is 0 Å². The van der Waals surface area contributed by atoms with Gasteiger partial charge in [0.2, 0.25) is 12.7 Å². The van der Waals surface area contributed by atoms with Crippen molar-refractivity contribution in [1.82, 2.24) is 4.90 Å². The Hall–Kier alpha value is -2.60. The van der Waals surface area contributed by atoms with E-state index in [1.54, 1.807) is 0 Å². The molecule has 1 unspecified atom stereocenters. The number of hydrogen-bond acceptors (Lipinski definition) is 4. The molecule has 0 saturated heterocycles. The Balaban J connectivity index is 1.60. The van der Waals surface area contributed by atoms with E-state index in [1.807, 2.05) is 37.1 Å². The molecule has 2 aromatic rings. The van der Waals surface area contributed by atoms with E-state index in [4.69, 9.17) is 9.47 Å². The lowest BCUT2D eigenvalue weighted by Gasteiger charge is -2.24. The third kappa shape index (κ3) is 3.65. The lowest BCUT2D eigenvalue weighted by molar-refractivity contribution is -0.120. The van der Waals surface area contributed by atoms with Crippen LogP contribution >= 0.6 is 0 Å². The molecule has 1 atom stereocenters. The molecule has 5 nitrogen and oxygen atoms in total. The van der Waals surface area contributed by atoms with Crippen molar-refractivity contribution in [2.45, 2.75) is 19.5 Å². The van der Waals surface area contributed by atoms with Gasteiger partial charge in [-0.05, 0) is 55.9 Å². The lowest BCUT2D eigenvalue weighted by atomic mass is 10.1. The van der Waals surface area contributed by atoms with E-state index in [1.165, 1.54) is 24.3 Å². The van der Waals surface area contributed by atoms with Crippen molar-refractivity contribution in [3.63, 3.8) is 0 Å². The predicted octanol–water partition coefficient (Wildman–Crippen LogP) is 3.01. The van der Waals surface area contributed by atoms with Gasteiger partial charge in [0.1, 0.15) is 5.82 Å². The number of anilines is 1. The molecule has 2 aromatic carbocycles. The summed E-state index contributed by atoms with van der Waals surface area (Å²) in [5, 5.41) is 2.79. The largest absolute Gasteiger partial charge is 0.454 e. The molecule has 24 heavy (non-hydrogen) atoms. The van der Waals surface area contributed by atoms with Crippen LogP contribution in [0.1, 0.15) is 12.5 Å². The zero-order valence-corrected chi connectivity index (χ0v) is 13.6. The Morgan fingerprint density at radius 1 is 1.21 bits per heavy atom. The van der Waals surface area contributed by atoms with Crippen molar-refractivity contribution < 1.29 is 18.7 Å². The molecule has 1 N–H and O–H groups in total. The van der Waals surface area contributed by atoms with Gasteiger partial charge in [0, 0.05) is 12.2 Å². The minimum absolute atomic E-state index is 0.148. The third-order valence-corrected chi connectivity index (χ3v) is 4.02. The van der Waals surface area contributed by atoms with Crippen molar-refractivity contribution in [3.8, 4) is 11.5 Å². The van der Waals surface area contributed by atoms with E-state index >= 15 is 0 Å². The Morgan fingerprint density at radius 3 is 2.67 bits per heavy atom. The molecule has 126 valence electrons. The number of likely N-dealkylation sites (N-methyl/N-ethyl adjacent to an activating group) is 1. The van der Waals surface area contributed by atoms with Gasteiger partial charge in [-0.15, -0.1) is 0 Å². The second-order valence-electron chi connectivity index (χ2n) is 5.77. The lowest BCUT2D eigenvalue weighted by Crippen LogP contribution is -2.39. The van der Waals surface area contributed by atoms with Crippen LogP contribution < -0.4 is 14.8 Å². The van der Waals surface area contributed by atoms with Crippen molar-refractivity contribution in [1.29, 1.82) is 0 Å². The molecule has 0 aromatic heterocycles. The molecule has 0 aliphatic carbocycles. The van der Waals surface area contributed by atoms with Gasteiger partial charge in [-0.1, -0.05) is 6.07 Å². The Morgan fingerprint density at radius 2 is 1.92 bits per heavy atom. The summed E-state index contributed by atoms with van der Waals surface area (Å²) in [5.74, 6) is 0.985. The zero-order valence-electron chi connectivity index (χ0n) is 13.6. The maximum atomic E-state index is 12.9. The van der Waals surface area contributed by atoms with Crippen LogP contribution in [0.2, 0.25) is 0 Å². The van der Waals surface area contributed by atoms with Crippen LogP contribution in [0.4, 0.5) is 10.1 Å². The van der Waals surface area contributed by atoms with Crippen LogP contribution in [0.3, 0.4) is 0 Å². The average molecular weight is 330 g/mol. The second-order valence-corrected chi connectivity index (χ2v) is 5.77. The highest BCUT2D eigenvalue weighted by molar-refractivity contribution is 5.94. The fraction of sp³-hybridized carbons (Fsp3) is 0.278. The van der Waals surface area contributed by atoms with Gasteiger partial charge in [0.05, 0.1) is 6.04 Å². The normalized spacial score (nSPS) is 13.8. The first-order chi connectivity index (χ1) is 11.5. The average Bonchev–Trinajstić information content (AvgIpc) is 3.03. The molecular weight excluding hydrogens is 311 g/mol. The summed E-state index contributed by atoms with van der Waals surface area (Å²) in [7, 11) is 1.87. The number of amides is 1. The molecule has 0 radical (unpaired) electrons. The molecule has 0 spiro atoms. The highest BCUT2D eigenvalue weighted by Crippen LogP contribution is 2.32. The first-order valence-electron chi connectivity index (χ1n) is 7.68. The number of carbonyl (C=O) groups excluding carboxylic acids is 1. The number of nitrogens with zero attached hydrogens (tertiary/aromatic N) is 1. The van der Waals surface area contributed by atoms with Crippen LogP contribution in [0.5, 0.6) is 11.5 Å². The van der Waals surface area contributed by atoms with Gasteiger partial charge < -0.3 is 14.8 Å². The number of fused-ring (bicyclic) bond motifs is 1. The van der Waals surface area contributed by atoms with Crippen LogP contribution in [-0.2, 0) is 11.3 Å². The molecule has 0 saturated carbocycles. The number of nitrogens with one attached hydrogen (secondary N) is 1. The second kappa shape index (κ2) is 6.88. The Kier molecular flexibility index (Phi) is 4.66. The van der Waals surface area contributed by atoms with E-state index in [0.29, 0.717) is 12.2 Å². The quantitative estimate of drug-likeness (QED) is 0.916. The fourth-order valence-electron chi connectivity index (χ4n) is 2.44. The highest BCUT2D eigenvalue weighted by atomic mass is 19.1. The van der Waals surface area contributed by atoms with E-state index < -0.39 is 0 Å². The predicted molar refractivity (Wildman–Crippen MR) is 88.5 cm³/mol. The Labute approximate surface area is 140 Å². The number of ether oxygens (including phenoxy) is 2. The van der Waals surface area contributed by atoms with Crippen LogP contribution in [0.25, 0.3) is 0 Å². The minimum Gasteiger partial charge on any atom is -0.454 e. The Bertz CT molecular complexity index is 734. The summed E-state index contributed by atoms with van der Waals surface area (Å²) < 4.78 is 23.6. The van der Waals surface area contributed by atoms with E-state index in [2.05, 4.69) is 5.32 Å². The molecule has 1 amide bonds. The topological polar surface area (TPSA) is 50.8 Å². The summed E-state index contributed by atoms with van der Waals surface area (Å²) in [4.78, 5) is 14.3. The number of hydrogen-bond donors (Lipinski definition) is 1. The van der Waals surface area contributed by atoms with Gasteiger partial charge in [-0.3, -0.25) is 9.69 Å². The third-order valence-electron chi connectivity index (χ3n) is 4.02. The van der Waals surface area contributed by atoms with E-state index in [0.717, 1.165) is 17.1 Å². The van der Waals surface area contributed by atoms with Crippen LogP contribution in [-0.4, -0.2) is 30.7 Å². The summed E-state index contributed by atoms with van der Waals surface area (Å²) in [5.41, 5.74) is 1.60. The SMILES string of the molecule is CC(C(=O)Nc1ccc(F)cc1)N(C)Cc1ccc2c(c1)OCO2. The molecule has 0 fully saturated rings. The first-order valence-corrected chi connectivity index (χ1v) is 7.68. The number of carbonyl (C=O) groups is 1. The van der Waals surface area contributed by atoms with Crippen molar-refractivity contribution in [2.75, 3.05) is 19.2 Å². The highest BCUT2D eigenvalue weighted by Gasteiger charge is 2.20. The van der Waals surface area contributed by atoms with Gasteiger partial charge >= 0.3 is 0 Å².